The fourth-order valence-electron chi connectivity index (χ4n) is 1.58. The van der Waals surface area contributed by atoms with Crippen LogP contribution in [0.25, 0.3) is 0 Å². The molecule has 0 bridgehead atoms. The molecule has 136 valence electrons. The molecular weight excluding hydrogens is 312 g/mol. The molecule has 0 aromatic carbocycles. The molecule has 0 aromatic rings. The second-order valence-corrected chi connectivity index (χ2v) is 6.81. The van der Waals surface area contributed by atoms with Crippen LogP contribution in [-0.2, 0) is 16.0 Å². The van der Waals surface area contributed by atoms with E-state index in [0.717, 1.165) is 12.0 Å². The molecule has 1 saturated heterocycles. The van der Waals surface area contributed by atoms with Gasteiger partial charge in [-0.1, -0.05) is 38.5 Å². The Hall–Kier alpha value is -0.980. The van der Waals surface area contributed by atoms with Crippen molar-refractivity contribution in [1.29, 1.82) is 0 Å². The Morgan fingerprint density at radius 3 is 2.17 bits per heavy atom. The van der Waals surface area contributed by atoms with Gasteiger partial charge in [-0.05, 0) is 34.1 Å². The maximum Gasteiger partial charge on any atom is 0.324 e. The highest BCUT2D eigenvalue weighted by molar-refractivity contribution is 7.80. The van der Waals surface area contributed by atoms with E-state index in [2.05, 4.69) is 13.5 Å². The van der Waals surface area contributed by atoms with Crippen LogP contribution >= 0.6 is 0 Å². The molecule has 1 unspecified atom stereocenters. The van der Waals surface area contributed by atoms with Crippen molar-refractivity contribution in [1.82, 2.24) is 8.61 Å². The molecule has 0 spiro atoms. The number of carboxylic acid groups (broad SMARTS) is 1. The number of rotatable bonds is 5. The van der Waals surface area contributed by atoms with E-state index in [9.17, 15) is 9.00 Å². The predicted octanol–water partition coefficient (Wildman–Crippen LogP) is 3.62. The van der Waals surface area contributed by atoms with Gasteiger partial charge in [-0.25, -0.2) is 8.51 Å². The number of carboxylic acids is 1. The summed E-state index contributed by atoms with van der Waals surface area (Å²) in [7, 11) is 0. The van der Waals surface area contributed by atoms with Crippen LogP contribution in [0.4, 0.5) is 0 Å². The Bertz CT molecular complexity index is 420. The summed E-state index contributed by atoms with van der Waals surface area (Å²) in [6, 6.07) is 0. The first-order valence-corrected chi connectivity index (χ1v) is 9.19. The van der Waals surface area contributed by atoms with Gasteiger partial charge < -0.3 is 5.11 Å². The van der Waals surface area contributed by atoms with E-state index in [-0.39, 0.29) is 0 Å². The first-order valence-electron chi connectivity index (χ1n) is 8.13. The number of hydrogen-bond acceptors (Lipinski definition) is 2. The average Bonchev–Trinajstić information content (AvgIpc) is 2.90. The van der Waals surface area contributed by atoms with Crippen LogP contribution in [0.15, 0.2) is 24.3 Å². The number of aliphatic carboxylic acids is 1. The van der Waals surface area contributed by atoms with Crippen molar-refractivity contribution >= 4 is 17.1 Å². The van der Waals surface area contributed by atoms with Crippen LogP contribution in [0.2, 0.25) is 0 Å². The van der Waals surface area contributed by atoms with Crippen LogP contribution < -0.4 is 0 Å². The molecule has 23 heavy (non-hydrogen) atoms. The van der Waals surface area contributed by atoms with Crippen molar-refractivity contribution < 1.29 is 14.1 Å². The zero-order chi connectivity index (χ0) is 18.6. The summed E-state index contributed by atoms with van der Waals surface area (Å²) < 4.78 is 15.5. The molecule has 0 aromatic heterocycles. The summed E-state index contributed by atoms with van der Waals surface area (Å²) in [4.78, 5) is 11.1. The maximum atomic E-state index is 12.2. The highest BCUT2D eigenvalue weighted by Gasteiger charge is 2.43. The lowest BCUT2D eigenvalue weighted by molar-refractivity contribution is -0.146. The van der Waals surface area contributed by atoms with Crippen LogP contribution in [-0.4, -0.2) is 49.1 Å². The Kier molecular flexibility index (Phi) is 13.1. The lowest BCUT2D eigenvalue weighted by Crippen LogP contribution is -2.49. The fraction of sp³-hybridized carbons (Fsp3) is 0.706. The quantitative estimate of drug-likeness (QED) is 0.773. The van der Waals surface area contributed by atoms with Crippen LogP contribution in [0.5, 0.6) is 0 Å². The van der Waals surface area contributed by atoms with E-state index in [1.54, 1.807) is 18.2 Å². The predicted molar refractivity (Wildman–Crippen MR) is 99.4 cm³/mol. The molecule has 5 nitrogen and oxygen atoms in total. The van der Waals surface area contributed by atoms with Gasteiger partial charge in [0.25, 0.3) is 0 Å². The highest BCUT2D eigenvalue weighted by atomic mass is 32.2. The molecule has 1 heterocycles. The fourth-order valence-corrected chi connectivity index (χ4v) is 3.12. The zero-order valence-corrected chi connectivity index (χ0v) is 16.6. The van der Waals surface area contributed by atoms with Gasteiger partial charge in [-0.2, -0.15) is 4.31 Å². The Morgan fingerprint density at radius 1 is 1.35 bits per heavy atom. The molecular formula is C17H34N2O3S. The smallest absolute Gasteiger partial charge is 0.324 e. The van der Waals surface area contributed by atoms with Gasteiger partial charge in [0.15, 0.2) is 11.2 Å². The van der Waals surface area contributed by atoms with Crippen molar-refractivity contribution in [3.05, 3.63) is 24.3 Å². The Morgan fingerprint density at radius 2 is 1.83 bits per heavy atom. The van der Waals surface area contributed by atoms with Gasteiger partial charge in [-0.15, -0.1) is 6.58 Å². The van der Waals surface area contributed by atoms with Crippen LogP contribution in [0.1, 0.15) is 54.9 Å². The van der Waals surface area contributed by atoms with Gasteiger partial charge in [0.2, 0.25) is 0 Å². The van der Waals surface area contributed by atoms with Crippen molar-refractivity contribution in [2.24, 2.45) is 0 Å². The van der Waals surface area contributed by atoms with E-state index in [1.807, 2.05) is 39.8 Å². The molecule has 0 aliphatic carbocycles. The number of hydrogen-bond donors (Lipinski definition) is 1. The molecule has 0 saturated carbocycles. The standard InChI is InChI=1S/C11H20N2O3S.C4H8.C2H6/c1-5-9(2)8-12-6-7-13(17(12)16)11(3,4)10(14)15;1-3-4-2;1-2/h5H,6-8H2,1-4H3,(H,14,15);3H,1,4H2,2H3;1-2H3/b9-5+;;. The molecule has 0 radical (unpaired) electrons. The third kappa shape index (κ3) is 7.90. The molecule has 1 fully saturated rings. The lowest BCUT2D eigenvalue weighted by Gasteiger charge is -2.29. The van der Waals surface area contributed by atoms with Gasteiger partial charge in [0.1, 0.15) is 5.54 Å². The van der Waals surface area contributed by atoms with Gasteiger partial charge >= 0.3 is 5.97 Å². The number of allylic oxidation sites excluding steroid dienone is 2. The lowest BCUT2D eigenvalue weighted by atomic mass is 10.1. The molecule has 0 amide bonds. The van der Waals surface area contributed by atoms with E-state index < -0.39 is 22.7 Å². The SMILES string of the molecule is C/C=C(\C)CN1CCN(C(C)(C)C(=O)O)S1=O.C=CCC.CC. The minimum absolute atomic E-state index is 0.517. The molecule has 1 N–H and O–H groups in total. The van der Waals surface area contributed by atoms with Gasteiger partial charge in [-0.3, -0.25) is 4.79 Å². The Balaban J connectivity index is 0. The second-order valence-electron chi connectivity index (χ2n) is 5.39. The van der Waals surface area contributed by atoms with Crippen LogP contribution in [0, 0.1) is 0 Å². The number of nitrogens with zero attached hydrogens (tertiary/aromatic N) is 2. The first-order chi connectivity index (χ1) is 10.7. The summed E-state index contributed by atoms with van der Waals surface area (Å²) in [5.74, 6) is -0.949. The Labute approximate surface area is 144 Å². The van der Waals surface area contributed by atoms with E-state index in [1.165, 1.54) is 4.31 Å². The monoisotopic (exact) mass is 346 g/mol. The van der Waals surface area contributed by atoms with E-state index in [0.29, 0.717) is 19.6 Å². The van der Waals surface area contributed by atoms with Gasteiger partial charge in [0.05, 0.1) is 0 Å². The minimum Gasteiger partial charge on any atom is -0.480 e. The molecule has 1 atom stereocenters. The molecule has 6 heteroatoms. The molecule has 1 aliphatic rings. The van der Waals surface area contributed by atoms with Crippen molar-refractivity contribution in [3.8, 4) is 0 Å². The zero-order valence-electron chi connectivity index (χ0n) is 15.8. The third-order valence-electron chi connectivity index (χ3n) is 3.32. The summed E-state index contributed by atoms with van der Waals surface area (Å²) in [6.45, 7) is 18.4. The van der Waals surface area contributed by atoms with Crippen molar-refractivity contribution in [3.63, 3.8) is 0 Å². The summed E-state index contributed by atoms with van der Waals surface area (Å²) in [5, 5.41) is 9.13. The van der Waals surface area contributed by atoms with Gasteiger partial charge in [0, 0.05) is 19.6 Å². The molecule has 1 aliphatic heterocycles. The van der Waals surface area contributed by atoms with Crippen molar-refractivity contribution in [2.45, 2.75) is 60.4 Å². The first kappa shape index (κ1) is 24.3. The molecule has 1 rings (SSSR count). The van der Waals surface area contributed by atoms with E-state index >= 15 is 0 Å². The summed E-state index contributed by atoms with van der Waals surface area (Å²) in [5.41, 5.74) is 0.0389. The topological polar surface area (TPSA) is 60.9 Å². The number of carbonyl (C=O) groups is 1. The largest absolute Gasteiger partial charge is 0.480 e. The normalized spacial score (nSPS) is 19.3. The van der Waals surface area contributed by atoms with Crippen LogP contribution in [0.3, 0.4) is 0 Å². The van der Waals surface area contributed by atoms with E-state index in [4.69, 9.17) is 5.11 Å². The average molecular weight is 347 g/mol. The highest BCUT2D eigenvalue weighted by Crippen LogP contribution is 2.24. The maximum absolute atomic E-state index is 12.2. The summed E-state index contributed by atoms with van der Waals surface area (Å²) in [6.07, 6.45) is 4.93. The third-order valence-corrected chi connectivity index (χ3v) is 5.09. The minimum atomic E-state index is -1.37. The second kappa shape index (κ2) is 12.4. The van der Waals surface area contributed by atoms with Crippen molar-refractivity contribution in [2.75, 3.05) is 19.6 Å². The summed E-state index contributed by atoms with van der Waals surface area (Å²) >= 11 is -1.37.